The highest BCUT2D eigenvalue weighted by Gasteiger charge is 2.36. The predicted octanol–water partition coefficient (Wildman–Crippen LogP) is 4.54. The van der Waals surface area contributed by atoms with Crippen molar-refractivity contribution < 1.29 is 27.5 Å². The van der Waals surface area contributed by atoms with Gasteiger partial charge in [0.1, 0.15) is 5.69 Å². The van der Waals surface area contributed by atoms with Crippen molar-refractivity contribution in [1.82, 2.24) is 14.8 Å². The number of alkyl halides is 3. The highest BCUT2D eigenvalue weighted by Crippen LogP contribution is 2.35. The van der Waals surface area contributed by atoms with Crippen LogP contribution in [0, 0.1) is 0 Å². The van der Waals surface area contributed by atoms with Gasteiger partial charge in [-0.15, -0.1) is 0 Å². The lowest BCUT2D eigenvalue weighted by molar-refractivity contribution is -0.138. The van der Waals surface area contributed by atoms with Gasteiger partial charge in [0, 0.05) is 19.1 Å². The van der Waals surface area contributed by atoms with Crippen molar-refractivity contribution in [2.75, 3.05) is 13.2 Å². The molecule has 0 saturated carbocycles. The second-order valence-corrected chi connectivity index (χ2v) is 8.60. The first-order chi connectivity index (χ1) is 15.7. The van der Waals surface area contributed by atoms with Gasteiger partial charge in [0.25, 0.3) is 11.8 Å². The highest BCUT2D eigenvalue weighted by atomic mass is 19.4. The van der Waals surface area contributed by atoms with Crippen LogP contribution in [0.15, 0.2) is 30.3 Å². The van der Waals surface area contributed by atoms with Crippen LogP contribution in [0.25, 0.3) is 0 Å². The Labute approximate surface area is 190 Å². The minimum atomic E-state index is -4.52. The molecule has 1 unspecified atom stereocenters. The number of carbonyl (C=O) groups excluding carboxylic acids is 2. The molecule has 1 aromatic carbocycles. The third kappa shape index (κ3) is 4.51. The number of amides is 2. The maximum Gasteiger partial charge on any atom is 0.416 e. The van der Waals surface area contributed by atoms with E-state index in [9.17, 15) is 22.8 Å². The van der Waals surface area contributed by atoms with E-state index in [4.69, 9.17) is 4.74 Å². The number of fused-ring (bicyclic) bond motifs is 1. The van der Waals surface area contributed by atoms with Crippen LogP contribution in [-0.4, -0.2) is 40.5 Å². The fourth-order valence-electron chi connectivity index (χ4n) is 4.78. The fourth-order valence-corrected chi connectivity index (χ4v) is 4.78. The Morgan fingerprint density at radius 3 is 2.67 bits per heavy atom. The van der Waals surface area contributed by atoms with Gasteiger partial charge in [-0.1, -0.05) is 25.1 Å². The van der Waals surface area contributed by atoms with Gasteiger partial charge in [0.15, 0.2) is 0 Å². The standard InChI is InChI=1S/C24H28F3N3O3/c1-3-19(16-8-4-5-9-18(16)24(25,26)27)28-22(31)17-13-20(30-11-12-33-14-21(17)30)23(32)29-10-6-7-15(29)2/h4-5,8-9,13,15,19H,3,6-7,10-12,14H2,1-2H3,(H,28,31)/t15?,19-/m1/s1. The van der Waals surface area contributed by atoms with Gasteiger partial charge < -0.3 is 19.5 Å². The van der Waals surface area contributed by atoms with E-state index in [2.05, 4.69) is 5.32 Å². The number of hydrogen-bond acceptors (Lipinski definition) is 3. The van der Waals surface area contributed by atoms with Gasteiger partial charge in [-0.2, -0.15) is 13.2 Å². The Hall–Kier alpha value is -2.81. The molecule has 3 heterocycles. The van der Waals surface area contributed by atoms with Crippen molar-refractivity contribution >= 4 is 11.8 Å². The summed E-state index contributed by atoms with van der Waals surface area (Å²) in [6.07, 6.45) is -2.37. The molecule has 2 atom stereocenters. The van der Waals surface area contributed by atoms with Crippen LogP contribution in [0.3, 0.4) is 0 Å². The number of halogens is 3. The maximum absolute atomic E-state index is 13.5. The van der Waals surface area contributed by atoms with E-state index in [1.165, 1.54) is 18.2 Å². The van der Waals surface area contributed by atoms with E-state index in [1.54, 1.807) is 13.0 Å². The summed E-state index contributed by atoms with van der Waals surface area (Å²) in [5.74, 6) is -0.641. The average Bonchev–Trinajstić information content (AvgIpc) is 3.40. The molecule has 0 spiro atoms. The van der Waals surface area contributed by atoms with Crippen molar-refractivity contribution in [2.24, 2.45) is 0 Å². The van der Waals surface area contributed by atoms with Crippen LogP contribution in [0.5, 0.6) is 0 Å². The molecule has 4 rings (SSSR count). The summed E-state index contributed by atoms with van der Waals surface area (Å²) < 4.78 is 47.9. The average molecular weight is 464 g/mol. The van der Waals surface area contributed by atoms with Gasteiger partial charge >= 0.3 is 6.18 Å². The maximum atomic E-state index is 13.5. The molecule has 9 heteroatoms. The smallest absolute Gasteiger partial charge is 0.373 e. The van der Waals surface area contributed by atoms with Crippen LogP contribution in [0.4, 0.5) is 13.2 Å². The molecule has 2 amide bonds. The largest absolute Gasteiger partial charge is 0.416 e. The SMILES string of the molecule is CC[C@@H](NC(=O)c1cc(C(=O)N2CCCC2C)n2c1COCC2)c1ccccc1C(F)(F)F. The van der Waals surface area contributed by atoms with E-state index in [-0.39, 0.29) is 36.1 Å². The number of likely N-dealkylation sites (tertiary alicyclic amines) is 1. The number of rotatable bonds is 5. The van der Waals surface area contributed by atoms with E-state index in [1.807, 2.05) is 16.4 Å². The lowest BCUT2D eigenvalue weighted by Gasteiger charge is -2.24. The first kappa shape index (κ1) is 23.4. The lowest BCUT2D eigenvalue weighted by atomic mass is 9.97. The summed E-state index contributed by atoms with van der Waals surface area (Å²) in [5, 5.41) is 2.76. The number of hydrogen-bond donors (Lipinski definition) is 1. The summed E-state index contributed by atoms with van der Waals surface area (Å²) >= 11 is 0. The molecule has 0 radical (unpaired) electrons. The van der Waals surface area contributed by atoms with Crippen LogP contribution in [0.2, 0.25) is 0 Å². The Morgan fingerprint density at radius 2 is 2.00 bits per heavy atom. The number of carbonyl (C=O) groups is 2. The molecule has 6 nitrogen and oxygen atoms in total. The summed E-state index contributed by atoms with van der Waals surface area (Å²) in [6, 6.07) is 6.14. The molecule has 1 aromatic heterocycles. The zero-order chi connectivity index (χ0) is 23.8. The Balaban J connectivity index is 1.65. The van der Waals surface area contributed by atoms with E-state index in [0.717, 1.165) is 18.9 Å². The van der Waals surface area contributed by atoms with Crippen LogP contribution >= 0.6 is 0 Å². The van der Waals surface area contributed by atoms with Crippen molar-refractivity contribution in [1.29, 1.82) is 0 Å². The second kappa shape index (κ2) is 9.21. The van der Waals surface area contributed by atoms with Crippen LogP contribution in [0.1, 0.15) is 76.8 Å². The van der Waals surface area contributed by atoms with Gasteiger partial charge in [-0.25, -0.2) is 0 Å². The second-order valence-electron chi connectivity index (χ2n) is 8.60. The first-order valence-corrected chi connectivity index (χ1v) is 11.3. The molecule has 1 N–H and O–H groups in total. The zero-order valence-electron chi connectivity index (χ0n) is 18.7. The van der Waals surface area contributed by atoms with Gasteiger partial charge in [0.2, 0.25) is 0 Å². The monoisotopic (exact) mass is 463 g/mol. The normalized spacial score (nSPS) is 19.3. The summed E-state index contributed by atoms with van der Waals surface area (Å²) in [4.78, 5) is 28.3. The molecule has 1 saturated heterocycles. The molecule has 178 valence electrons. The number of nitrogens with one attached hydrogen (secondary N) is 1. The van der Waals surface area contributed by atoms with Gasteiger partial charge in [-0.05, 0) is 43.9 Å². The quantitative estimate of drug-likeness (QED) is 0.708. The summed E-state index contributed by atoms with van der Waals surface area (Å²) in [7, 11) is 0. The Bertz CT molecular complexity index is 1050. The van der Waals surface area contributed by atoms with Crippen LogP contribution < -0.4 is 5.32 Å². The third-order valence-corrected chi connectivity index (χ3v) is 6.54. The molecule has 0 bridgehead atoms. The number of ether oxygens (including phenoxy) is 1. The van der Waals surface area contributed by atoms with Crippen molar-refractivity contribution in [2.45, 2.75) is 64.5 Å². The summed E-state index contributed by atoms with van der Waals surface area (Å²) in [6.45, 7) is 5.44. The number of benzene rings is 1. The number of aromatic nitrogens is 1. The summed E-state index contributed by atoms with van der Waals surface area (Å²) in [5.41, 5.74) is 0.530. The lowest BCUT2D eigenvalue weighted by Crippen LogP contribution is -2.35. The van der Waals surface area contributed by atoms with E-state index < -0.39 is 23.7 Å². The van der Waals surface area contributed by atoms with Crippen LogP contribution in [-0.2, 0) is 24.1 Å². The number of nitrogens with zero attached hydrogens (tertiary/aromatic N) is 2. The van der Waals surface area contributed by atoms with Crippen molar-refractivity contribution in [3.8, 4) is 0 Å². The predicted molar refractivity (Wildman–Crippen MR) is 116 cm³/mol. The van der Waals surface area contributed by atoms with E-state index in [0.29, 0.717) is 31.1 Å². The molecule has 1 fully saturated rings. The molecule has 2 aliphatic heterocycles. The van der Waals surface area contributed by atoms with Crippen molar-refractivity contribution in [3.63, 3.8) is 0 Å². The van der Waals surface area contributed by atoms with E-state index >= 15 is 0 Å². The molecular formula is C24H28F3N3O3. The van der Waals surface area contributed by atoms with Crippen molar-refractivity contribution in [3.05, 3.63) is 58.4 Å². The Kier molecular flexibility index (Phi) is 6.52. The van der Waals surface area contributed by atoms with Gasteiger partial charge in [0.05, 0.1) is 36.1 Å². The first-order valence-electron chi connectivity index (χ1n) is 11.3. The molecule has 33 heavy (non-hydrogen) atoms. The topological polar surface area (TPSA) is 63.6 Å². The minimum absolute atomic E-state index is 0.0207. The van der Waals surface area contributed by atoms with Gasteiger partial charge in [-0.3, -0.25) is 9.59 Å². The molecule has 2 aromatic rings. The molecular weight excluding hydrogens is 435 g/mol. The highest BCUT2D eigenvalue weighted by molar-refractivity contribution is 6.01. The fraction of sp³-hybridized carbons (Fsp3) is 0.500. The Morgan fingerprint density at radius 1 is 1.24 bits per heavy atom. The molecule has 0 aliphatic carbocycles. The third-order valence-electron chi connectivity index (χ3n) is 6.54. The molecule has 2 aliphatic rings. The minimum Gasteiger partial charge on any atom is -0.373 e. The zero-order valence-corrected chi connectivity index (χ0v) is 18.7.